The van der Waals surface area contributed by atoms with Gasteiger partial charge in [0.15, 0.2) is 0 Å². The molecule has 0 fully saturated rings. The van der Waals surface area contributed by atoms with Gasteiger partial charge in [-0.2, -0.15) is 0 Å². The molecule has 0 atom stereocenters. The van der Waals surface area contributed by atoms with E-state index in [9.17, 15) is 4.79 Å². The Balaban J connectivity index is 1.80. The number of rotatable bonds is 6. The zero-order chi connectivity index (χ0) is 18.5. The Morgan fingerprint density at radius 2 is 1.96 bits per heavy atom. The number of carbonyl (C=O) groups is 1. The third-order valence-electron chi connectivity index (χ3n) is 4.08. The molecule has 134 valence electrons. The molecule has 0 bridgehead atoms. The minimum atomic E-state index is -0.150. The van der Waals surface area contributed by atoms with Crippen LogP contribution in [0.15, 0.2) is 52.9 Å². The first-order chi connectivity index (χ1) is 12.6. The molecule has 5 heteroatoms. The summed E-state index contributed by atoms with van der Waals surface area (Å²) in [5.74, 6) is 1.02. The lowest BCUT2D eigenvalue weighted by Crippen LogP contribution is -2.15. The van der Waals surface area contributed by atoms with Gasteiger partial charge in [0.25, 0.3) is 0 Å². The standard InChI is InChI=1S/C21H21ClN2O2/c1-3-7-17-19(26-21(24-17)15-8-5-4-6-9-15)13-20(25)23-18-12-16(22)11-10-14(18)2/h4-6,8-12H,3,7,13H2,1-2H3,(H,23,25). The van der Waals surface area contributed by atoms with Gasteiger partial charge in [-0.05, 0) is 43.2 Å². The van der Waals surface area contributed by atoms with Crippen LogP contribution in [0.5, 0.6) is 0 Å². The maximum atomic E-state index is 12.5. The zero-order valence-electron chi connectivity index (χ0n) is 14.9. The largest absolute Gasteiger partial charge is 0.440 e. The fourth-order valence-electron chi connectivity index (χ4n) is 2.73. The third kappa shape index (κ3) is 4.33. The second kappa shape index (κ2) is 8.19. The number of nitrogens with one attached hydrogen (secondary N) is 1. The number of hydrogen-bond donors (Lipinski definition) is 1. The SMILES string of the molecule is CCCc1nc(-c2ccccc2)oc1CC(=O)Nc1cc(Cl)ccc1C. The molecule has 0 aliphatic rings. The molecule has 1 aromatic heterocycles. The Labute approximate surface area is 158 Å². The van der Waals surface area contributed by atoms with Gasteiger partial charge < -0.3 is 9.73 Å². The number of amides is 1. The predicted octanol–water partition coefficient (Wildman–Crippen LogP) is 5.44. The summed E-state index contributed by atoms with van der Waals surface area (Å²) in [6.45, 7) is 4.01. The number of nitrogens with zero attached hydrogens (tertiary/aromatic N) is 1. The van der Waals surface area contributed by atoms with E-state index in [0.29, 0.717) is 22.4 Å². The first-order valence-corrected chi connectivity index (χ1v) is 9.04. The molecule has 0 unspecified atom stereocenters. The number of oxazole rings is 1. The fraction of sp³-hybridized carbons (Fsp3) is 0.238. The van der Waals surface area contributed by atoms with Crippen molar-refractivity contribution >= 4 is 23.2 Å². The second-order valence-electron chi connectivity index (χ2n) is 6.19. The number of carbonyl (C=O) groups excluding carboxylic acids is 1. The van der Waals surface area contributed by atoms with Crippen molar-refractivity contribution in [1.82, 2.24) is 4.98 Å². The first kappa shape index (κ1) is 18.2. The molecule has 0 aliphatic heterocycles. The summed E-state index contributed by atoms with van der Waals surface area (Å²) in [4.78, 5) is 17.1. The molecular formula is C21H21ClN2O2. The van der Waals surface area contributed by atoms with E-state index in [1.54, 1.807) is 12.1 Å². The molecular weight excluding hydrogens is 348 g/mol. The van der Waals surface area contributed by atoms with E-state index in [-0.39, 0.29) is 12.3 Å². The van der Waals surface area contributed by atoms with E-state index in [2.05, 4.69) is 17.2 Å². The second-order valence-corrected chi connectivity index (χ2v) is 6.63. The molecule has 3 rings (SSSR count). The van der Waals surface area contributed by atoms with Crippen molar-refractivity contribution in [3.63, 3.8) is 0 Å². The highest BCUT2D eigenvalue weighted by atomic mass is 35.5. The van der Waals surface area contributed by atoms with Gasteiger partial charge in [0, 0.05) is 16.3 Å². The molecule has 26 heavy (non-hydrogen) atoms. The smallest absolute Gasteiger partial charge is 0.232 e. The molecule has 1 heterocycles. The van der Waals surface area contributed by atoms with Gasteiger partial charge in [-0.3, -0.25) is 4.79 Å². The number of benzene rings is 2. The van der Waals surface area contributed by atoms with E-state index >= 15 is 0 Å². The van der Waals surface area contributed by atoms with Crippen molar-refractivity contribution in [1.29, 1.82) is 0 Å². The van der Waals surface area contributed by atoms with Crippen LogP contribution >= 0.6 is 11.6 Å². The molecule has 3 aromatic rings. The summed E-state index contributed by atoms with van der Waals surface area (Å²) < 4.78 is 5.92. The van der Waals surface area contributed by atoms with Gasteiger partial charge >= 0.3 is 0 Å². The highest BCUT2D eigenvalue weighted by Gasteiger charge is 2.17. The van der Waals surface area contributed by atoms with E-state index in [0.717, 1.165) is 29.7 Å². The Bertz CT molecular complexity index is 904. The van der Waals surface area contributed by atoms with E-state index < -0.39 is 0 Å². The molecule has 1 N–H and O–H groups in total. The molecule has 0 saturated carbocycles. The van der Waals surface area contributed by atoms with E-state index in [1.165, 1.54) is 0 Å². The number of aryl methyl sites for hydroxylation is 2. The van der Waals surface area contributed by atoms with E-state index in [1.807, 2.05) is 43.3 Å². The average Bonchev–Trinajstić information content (AvgIpc) is 3.02. The molecule has 0 saturated heterocycles. The van der Waals surface area contributed by atoms with Gasteiger partial charge in [-0.15, -0.1) is 0 Å². The van der Waals surface area contributed by atoms with Crippen LogP contribution in [-0.4, -0.2) is 10.9 Å². The predicted molar refractivity (Wildman–Crippen MR) is 104 cm³/mol. The number of anilines is 1. The van der Waals surface area contributed by atoms with Crippen molar-refractivity contribution in [2.45, 2.75) is 33.1 Å². The topological polar surface area (TPSA) is 55.1 Å². The fourth-order valence-corrected chi connectivity index (χ4v) is 2.90. The van der Waals surface area contributed by atoms with Crippen molar-refractivity contribution < 1.29 is 9.21 Å². The van der Waals surface area contributed by atoms with Gasteiger partial charge in [-0.25, -0.2) is 4.98 Å². The summed E-state index contributed by atoms with van der Waals surface area (Å²) in [5, 5.41) is 3.49. The molecule has 1 amide bonds. The van der Waals surface area contributed by atoms with Crippen molar-refractivity contribution in [3.8, 4) is 11.5 Å². The number of hydrogen-bond acceptors (Lipinski definition) is 3. The minimum absolute atomic E-state index is 0.140. The summed E-state index contributed by atoms with van der Waals surface area (Å²) >= 11 is 6.02. The van der Waals surface area contributed by atoms with Crippen LogP contribution in [0.25, 0.3) is 11.5 Å². The van der Waals surface area contributed by atoms with Crippen LogP contribution in [0.1, 0.15) is 30.4 Å². The quantitative estimate of drug-likeness (QED) is 0.630. The lowest BCUT2D eigenvalue weighted by molar-refractivity contribution is -0.115. The summed E-state index contributed by atoms with van der Waals surface area (Å²) in [6.07, 6.45) is 1.85. The van der Waals surface area contributed by atoms with E-state index in [4.69, 9.17) is 16.0 Å². The molecule has 0 radical (unpaired) electrons. The van der Waals surface area contributed by atoms with Crippen molar-refractivity contribution in [3.05, 3.63) is 70.6 Å². The summed E-state index contributed by atoms with van der Waals surface area (Å²) in [7, 11) is 0. The lowest BCUT2D eigenvalue weighted by atomic mass is 10.1. The van der Waals surface area contributed by atoms with Crippen LogP contribution in [0.2, 0.25) is 5.02 Å². The van der Waals surface area contributed by atoms with Crippen LogP contribution < -0.4 is 5.32 Å². The van der Waals surface area contributed by atoms with Crippen LogP contribution in [-0.2, 0) is 17.6 Å². The van der Waals surface area contributed by atoms with Crippen LogP contribution in [0, 0.1) is 6.92 Å². The lowest BCUT2D eigenvalue weighted by Gasteiger charge is -2.08. The van der Waals surface area contributed by atoms with Crippen molar-refractivity contribution in [2.75, 3.05) is 5.32 Å². The summed E-state index contributed by atoms with van der Waals surface area (Å²) in [5.41, 5.74) is 3.41. The van der Waals surface area contributed by atoms with Crippen molar-refractivity contribution in [2.24, 2.45) is 0 Å². The molecule has 0 aliphatic carbocycles. The highest BCUT2D eigenvalue weighted by Crippen LogP contribution is 2.24. The number of aromatic nitrogens is 1. The highest BCUT2D eigenvalue weighted by molar-refractivity contribution is 6.31. The average molecular weight is 369 g/mol. The number of halogens is 1. The third-order valence-corrected chi connectivity index (χ3v) is 4.32. The molecule has 0 spiro atoms. The first-order valence-electron chi connectivity index (χ1n) is 8.67. The summed E-state index contributed by atoms with van der Waals surface area (Å²) in [6, 6.07) is 15.1. The Hall–Kier alpha value is -2.59. The zero-order valence-corrected chi connectivity index (χ0v) is 15.6. The monoisotopic (exact) mass is 368 g/mol. The van der Waals surface area contributed by atoms with Gasteiger partial charge in [-0.1, -0.05) is 49.2 Å². The molecule has 2 aromatic carbocycles. The maximum absolute atomic E-state index is 12.5. The van der Waals surface area contributed by atoms with Crippen LogP contribution in [0.4, 0.5) is 5.69 Å². The maximum Gasteiger partial charge on any atom is 0.232 e. The van der Waals surface area contributed by atoms with Gasteiger partial charge in [0.2, 0.25) is 11.8 Å². The van der Waals surface area contributed by atoms with Crippen LogP contribution in [0.3, 0.4) is 0 Å². The molecule has 4 nitrogen and oxygen atoms in total. The Kier molecular flexibility index (Phi) is 5.74. The normalized spacial score (nSPS) is 10.7. The Morgan fingerprint density at radius 1 is 1.19 bits per heavy atom. The van der Waals surface area contributed by atoms with Gasteiger partial charge in [0.1, 0.15) is 5.76 Å². The minimum Gasteiger partial charge on any atom is -0.440 e. The van der Waals surface area contributed by atoms with Gasteiger partial charge in [0.05, 0.1) is 12.1 Å². The Morgan fingerprint density at radius 3 is 2.69 bits per heavy atom.